The van der Waals surface area contributed by atoms with Crippen molar-refractivity contribution in [3.63, 3.8) is 0 Å². The molecular formula is C55H83N9O13S. The van der Waals surface area contributed by atoms with E-state index in [1.165, 1.54) is 17.3 Å². The van der Waals surface area contributed by atoms with Crippen molar-refractivity contribution < 1.29 is 63.5 Å². The number of hydrogen-bond donors (Lipinski definition) is 7. The number of carboxylic acids is 3. The lowest BCUT2D eigenvalue weighted by atomic mass is 9.92. The van der Waals surface area contributed by atoms with Gasteiger partial charge in [0.2, 0.25) is 17.7 Å². The van der Waals surface area contributed by atoms with Crippen molar-refractivity contribution in [1.82, 2.24) is 40.4 Å². The Morgan fingerprint density at radius 3 is 1.90 bits per heavy atom. The van der Waals surface area contributed by atoms with Crippen molar-refractivity contribution >= 4 is 71.8 Å². The highest BCUT2D eigenvalue weighted by Gasteiger charge is 2.28. The number of carboxylic acid groups (broad SMARTS) is 3. The number of aliphatic carboxylic acids is 3. The Balaban J connectivity index is 1.26. The number of likely N-dealkylation sites (tertiary alicyclic amines) is 1. The largest absolute Gasteiger partial charge is 0.494 e. The number of ether oxygens (including phenoxy) is 2. The molecule has 0 spiro atoms. The van der Waals surface area contributed by atoms with Gasteiger partial charge < -0.3 is 50.8 Å². The average Bonchev–Trinajstić information content (AvgIpc) is 3.41. The predicted octanol–water partition coefficient (Wildman–Crippen LogP) is 2.08. The zero-order valence-electron chi connectivity index (χ0n) is 45.3. The van der Waals surface area contributed by atoms with Gasteiger partial charge in [0.15, 0.2) is 0 Å². The molecule has 0 saturated carbocycles. The molecule has 2 heterocycles. The molecule has 2 aromatic rings. The fourth-order valence-electron chi connectivity index (χ4n) is 9.14. The number of nitrogens with one attached hydrogen (secondary N) is 3. The number of aryl methyl sites for hydroxylation is 2. The molecule has 78 heavy (non-hydrogen) atoms. The molecule has 0 aromatic heterocycles. The summed E-state index contributed by atoms with van der Waals surface area (Å²) in [5.41, 5.74) is 3.93. The molecule has 0 radical (unpaired) electrons. The lowest BCUT2D eigenvalue weighted by Gasteiger charge is -2.33. The highest BCUT2D eigenvalue weighted by molar-refractivity contribution is 7.99. The summed E-state index contributed by atoms with van der Waals surface area (Å²) in [6.07, 6.45) is 5.90. The smallest absolute Gasteiger partial charge is 0.317 e. The molecule has 23 heteroatoms. The predicted molar refractivity (Wildman–Crippen MR) is 299 cm³/mol. The zero-order valence-corrected chi connectivity index (χ0v) is 46.1. The molecule has 432 valence electrons. The van der Waals surface area contributed by atoms with Crippen LogP contribution < -0.4 is 20.7 Å². The number of amides is 4. The van der Waals surface area contributed by atoms with Crippen LogP contribution in [0.25, 0.3) is 6.08 Å². The van der Waals surface area contributed by atoms with Gasteiger partial charge in [0.1, 0.15) is 17.9 Å². The first-order chi connectivity index (χ1) is 37.5. The van der Waals surface area contributed by atoms with Gasteiger partial charge in [0.25, 0.3) is 5.91 Å². The summed E-state index contributed by atoms with van der Waals surface area (Å²) in [6.45, 7) is 12.3. The molecule has 4 rings (SSSR count). The van der Waals surface area contributed by atoms with Crippen molar-refractivity contribution in [2.45, 2.75) is 70.4 Å². The SMILES string of the molecule is C=Cc1cc(OCCCC2CCN(C(=O)[C@H](O)CSCCNC(=O)[C@H](CCOCCNC(=O)CCCc3ccc(C)cc3)NC(=O)CN3CCN(CC(=O)O)CCN(CC(=O)O)CCN(CC(=O)O)CC3)CC2)ccc1N=C. The van der Waals surface area contributed by atoms with Crippen molar-refractivity contribution in [2.75, 3.05) is 136 Å². The van der Waals surface area contributed by atoms with E-state index in [1.807, 2.05) is 37.3 Å². The second kappa shape index (κ2) is 36.3. The fourth-order valence-corrected chi connectivity index (χ4v) is 9.92. The molecule has 2 aromatic carbocycles. The van der Waals surface area contributed by atoms with Gasteiger partial charge in [-0.15, -0.1) is 0 Å². The molecule has 0 unspecified atom stereocenters. The topological polar surface area (TPSA) is 284 Å². The van der Waals surface area contributed by atoms with Crippen LogP contribution in [0.5, 0.6) is 5.75 Å². The van der Waals surface area contributed by atoms with E-state index < -0.39 is 41.9 Å². The molecule has 2 fully saturated rings. The highest BCUT2D eigenvalue weighted by atomic mass is 32.2. The van der Waals surface area contributed by atoms with E-state index in [0.29, 0.717) is 44.2 Å². The summed E-state index contributed by atoms with van der Waals surface area (Å²) in [6, 6.07) is 12.7. The molecular weight excluding hydrogens is 1030 g/mol. The van der Waals surface area contributed by atoms with Gasteiger partial charge in [-0.25, -0.2) is 0 Å². The zero-order chi connectivity index (χ0) is 56.7. The van der Waals surface area contributed by atoms with E-state index >= 15 is 0 Å². The van der Waals surface area contributed by atoms with Crippen molar-refractivity contribution in [2.24, 2.45) is 10.9 Å². The maximum absolute atomic E-state index is 13.8. The number of aliphatic hydroxyl groups is 1. The van der Waals surface area contributed by atoms with Gasteiger partial charge in [-0.05, 0) is 88.3 Å². The molecule has 0 bridgehead atoms. The van der Waals surface area contributed by atoms with E-state index in [-0.39, 0.29) is 129 Å². The maximum Gasteiger partial charge on any atom is 0.317 e. The Labute approximate surface area is 462 Å². The molecule has 0 aliphatic carbocycles. The third-order valence-electron chi connectivity index (χ3n) is 13.6. The lowest BCUT2D eigenvalue weighted by molar-refractivity contribution is -0.140. The number of thioether (sulfide) groups is 1. The number of piperidine rings is 1. The molecule has 4 amide bonds. The first kappa shape index (κ1) is 64.6. The quantitative estimate of drug-likeness (QED) is 0.0398. The number of aliphatic imine (C=N–C) groups is 1. The summed E-state index contributed by atoms with van der Waals surface area (Å²) in [5.74, 6) is -2.96. The van der Waals surface area contributed by atoms with Crippen LogP contribution in [0.4, 0.5) is 5.69 Å². The monoisotopic (exact) mass is 1110 g/mol. The highest BCUT2D eigenvalue weighted by Crippen LogP contribution is 2.27. The van der Waals surface area contributed by atoms with Crippen molar-refractivity contribution in [3.8, 4) is 5.75 Å². The second-order valence-corrected chi connectivity index (χ2v) is 20.9. The second-order valence-electron chi connectivity index (χ2n) is 19.7. The Morgan fingerprint density at radius 1 is 0.744 bits per heavy atom. The Kier molecular flexibility index (Phi) is 30.0. The summed E-state index contributed by atoms with van der Waals surface area (Å²) in [4.78, 5) is 101. The number of hydrogen-bond acceptors (Lipinski definition) is 16. The summed E-state index contributed by atoms with van der Waals surface area (Å²) >= 11 is 1.31. The van der Waals surface area contributed by atoms with Gasteiger partial charge in [0.05, 0.1) is 45.1 Å². The number of aliphatic hydroxyl groups excluding tert-OH is 1. The van der Waals surface area contributed by atoms with Crippen molar-refractivity contribution in [1.29, 1.82) is 0 Å². The molecule has 22 nitrogen and oxygen atoms in total. The summed E-state index contributed by atoms with van der Waals surface area (Å²) < 4.78 is 11.7. The average molecular weight is 1110 g/mol. The first-order valence-corrected chi connectivity index (χ1v) is 28.1. The van der Waals surface area contributed by atoms with Gasteiger partial charge in [-0.3, -0.25) is 58.2 Å². The van der Waals surface area contributed by atoms with Gasteiger partial charge in [0, 0.05) is 109 Å². The molecule has 2 atom stereocenters. The maximum atomic E-state index is 13.8. The van der Waals surface area contributed by atoms with E-state index in [2.05, 4.69) is 46.4 Å². The van der Waals surface area contributed by atoms with Crippen LogP contribution in [0.1, 0.15) is 61.6 Å². The van der Waals surface area contributed by atoms with E-state index in [4.69, 9.17) is 9.47 Å². The third kappa shape index (κ3) is 26.1. The van der Waals surface area contributed by atoms with Crippen LogP contribution in [0.2, 0.25) is 0 Å². The van der Waals surface area contributed by atoms with E-state index in [9.17, 15) is 54.0 Å². The van der Waals surface area contributed by atoms with Crippen LogP contribution in [0.15, 0.2) is 54.0 Å². The van der Waals surface area contributed by atoms with Crippen LogP contribution in [0.3, 0.4) is 0 Å². The number of nitrogens with zero attached hydrogens (tertiary/aromatic N) is 6. The van der Waals surface area contributed by atoms with Crippen molar-refractivity contribution in [3.05, 3.63) is 65.7 Å². The van der Waals surface area contributed by atoms with E-state index in [1.54, 1.807) is 30.6 Å². The number of benzene rings is 2. The van der Waals surface area contributed by atoms with Crippen LogP contribution in [0, 0.1) is 12.8 Å². The van der Waals surface area contributed by atoms with Crippen LogP contribution in [-0.4, -0.2) is 241 Å². The van der Waals surface area contributed by atoms with Gasteiger partial charge in [-0.1, -0.05) is 42.5 Å². The fraction of sp³-hybridized carbons (Fsp3) is 0.600. The minimum Gasteiger partial charge on any atom is -0.494 e. The Bertz CT molecular complexity index is 2200. The van der Waals surface area contributed by atoms with E-state index in [0.717, 1.165) is 54.7 Å². The molecule has 7 N–H and O–H groups in total. The van der Waals surface area contributed by atoms with Gasteiger partial charge in [-0.2, -0.15) is 11.8 Å². The first-order valence-electron chi connectivity index (χ1n) is 26.9. The number of rotatable bonds is 33. The standard InChI is InChI=1S/C55H83N9O13S/c1-4-44-35-45(14-15-46(44)56-3)77-31-6-8-43-16-21-64(22-17-43)55(75)48(65)40-78-34-20-58-54(74)47(18-32-76-33-19-57-49(66)9-5-7-42-12-10-41(2)11-13-42)59-50(67)36-60-23-25-61(37-51(68)69)27-29-63(39-53(72)73)30-28-62(26-24-60)38-52(70)71/h4,10-15,35,43,47-48,65H,1,3,5-9,16-34,36-40H2,2H3,(H,57,66)(H,58,74)(H,59,67)(H,68,69)(H,70,71)(H,72,73)/t47-,48+/m0/s1. The minimum atomic E-state index is -1.21. The third-order valence-corrected chi connectivity index (χ3v) is 14.6. The number of carbonyl (C=O) groups excluding carboxylic acids is 4. The Morgan fingerprint density at radius 2 is 1.33 bits per heavy atom. The van der Waals surface area contributed by atoms with Crippen LogP contribution in [-0.2, 0) is 44.7 Å². The number of carbonyl (C=O) groups is 7. The minimum absolute atomic E-state index is 0.0637. The van der Waals surface area contributed by atoms with Crippen LogP contribution >= 0.6 is 11.8 Å². The normalized spacial score (nSPS) is 16.4. The molecule has 2 saturated heterocycles. The summed E-state index contributed by atoms with van der Waals surface area (Å²) in [7, 11) is 0. The van der Waals surface area contributed by atoms with Gasteiger partial charge >= 0.3 is 17.9 Å². The Hall–Kier alpha value is -5.95. The molecule has 2 aliphatic rings. The lowest BCUT2D eigenvalue weighted by Crippen LogP contribution is -2.52. The summed E-state index contributed by atoms with van der Waals surface area (Å²) in [5, 5.41) is 48.1. The molecule has 2 aliphatic heterocycles.